The van der Waals surface area contributed by atoms with Crippen LogP contribution in [0.4, 0.5) is 0 Å². The summed E-state index contributed by atoms with van der Waals surface area (Å²) in [5.41, 5.74) is 0.923. The molecule has 4 heteroatoms. The molecule has 16 heavy (non-hydrogen) atoms. The monoisotopic (exact) mass is 280 g/mol. The molecule has 1 aliphatic rings. The number of halogens is 1. The summed E-state index contributed by atoms with van der Waals surface area (Å²) in [6, 6.07) is 10.5. The number of benzene rings is 1. The largest absolute Gasteiger partial charge is 0.378 e. The summed E-state index contributed by atoms with van der Waals surface area (Å²) in [7, 11) is 0. The van der Waals surface area contributed by atoms with Crippen molar-refractivity contribution in [3.05, 3.63) is 34.3 Å². The molecular formula is C12H13BrN2O. The van der Waals surface area contributed by atoms with Gasteiger partial charge in [0.1, 0.15) is 5.41 Å². The van der Waals surface area contributed by atoms with E-state index in [0.29, 0.717) is 19.8 Å². The van der Waals surface area contributed by atoms with Crippen LogP contribution in [0.5, 0.6) is 0 Å². The Morgan fingerprint density at radius 2 is 2.06 bits per heavy atom. The molecule has 0 amide bonds. The lowest BCUT2D eigenvalue weighted by Crippen LogP contribution is -2.48. The molecule has 0 aliphatic carbocycles. The summed E-state index contributed by atoms with van der Waals surface area (Å²) in [4.78, 5) is 0. The highest BCUT2D eigenvalue weighted by Gasteiger charge is 2.38. The third kappa shape index (κ3) is 2.62. The zero-order valence-electron chi connectivity index (χ0n) is 8.87. The smallest absolute Gasteiger partial charge is 0.116 e. The first kappa shape index (κ1) is 11.6. The first-order valence-corrected chi connectivity index (χ1v) is 5.98. The summed E-state index contributed by atoms with van der Waals surface area (Å²) in [5, 5.41) is 12.3. The van der Waals surface area contributed by atoms with E-state index in [1.807, 2.05) is 12.1 Å². The molecule has 1 heterocycles. The lowest BCUT2D eigenvalue weighted by Gasteiger charge is -2.35. The van der Waals surface area contributed by atoms with Crippen LogP contribution in [-0.2, 0) is 11.3 Å². The third-order valence-corrected chi connectivity index (χ3v) is 3.23. The Morgan fingerprint density at radius 1 is 1.38 bits per heavy atom. The van der Waals surface area contributed by atoms with Gasteiger partial charge in [0.2, 0.25) is 0 Å². The van der Waals surface area contributed by atoms with Crippen LogP contribution < -0.4 is 5.32 Å². The highest BCUT2D eigenvalue weighted by Crippen LogP contribution is 2.25. The summed E-state index contributed by atoms with van der Waals surface area (Å²) in [5.74, 6) is 0. The fourth-order valence-corrected chi connectivity index (χ4v) is 1.87. The number of nitrogens with one attached hydrogen (secondary N) is 1. The predicted molar refractivity (Wildman–Crippen MR) is 64.7 cm³/mol. The molecular weight excluding hydrogens is 268 g/mol. The van der Waals surface area contributed by atoms with E-state index in [1.54, 1.807) is 0 Å². The SMILES string of the molecule is N#CC1(CNCc2ccc(Br)cc2)COC1. The van der Waals surface area contributed by atoms with Crippen LogP contribution in [-0.4, -0.2) is 19.8 Å². The van der Waals surface area contributed by atoms with Crippen molar-refractivity contribution in [1.29, 1.82) is 5.26 Å². The van der Waals surface area contributed by atoms with Gasteiger partial charge >= 0.3 is 0 Å². The van der Waals surface area contributed by atoms with E-state index >= 15 is 0 Å². The van der Waals surface area contributed by atoms with E-state index in [-0.39, 0.29) is 5.41 Å². The van der Waals surface area contributed by atoms with E-state index in [9.17, 15) is 0 Å². The molecule has 2 rings (SSSR count). The first-order chi connectivity index (χ1) is 7.74. The van der Waals surface area contributed by atoms with Crippen molar-refractivity contribution in [2.24, 2.45) is 5.41 Å². The average Bonchev–Trinajstić information content (AvgIpc) is 2.25. The molecule has 0 bridgehead atoms. The Balaban J connectivity index is 1.80. The minimum Gasteiger partial charge on any atom is -0.378 e. The van der Waals surface area contributed by atoms with Gasteiger partial charge in [-0.2, -0.15) is 5.26 Å². The summed E-state index contributed by atoms with van der Waals surface area (Å²) in [6.45, 7) is 2.59. The third-order valence-electron chi connectivity index (χ3n) is 2.70. The zero-order valence-corrected chi connectivity index (χ0v) is 10.5. The molecule has 0 atom stereocenters. The van der Waals surface area contributed by atoms with Crippen molar-refractivity contribution >= 4 is 15.9 Å². The number of nitrogens with zero attached hydrogens (tertiary/aromatic N) is 1. The van der Waals surface area contributed by atoms with Crippen molar-refractivity contribution in [3.63, 3.8) is 0 Å². The Hall–Kier alpha value is -0.890. The van der Waals surface area contributed by atoms with Gasteiger partial charge in [0, 0.05) is 17.6 Å². The number of hydrogen-bond donors (Lipinski definition) is 1. The number of rotatable bonds is 4. The molecule has 1 fully saturated rings. The summed E-state index contributed by atoms with van der Waals surface area (Å²) >= 11 is 3.40. The van der Waals surface area contributed by atoms with Gasteiger partial charge in [-0.25, -0.2) is 0 Å². The zero-order chi connectivity index (χ0) is 11.4. The van der Waals surface area contributed by atoms with E-state index < -0.39 is 0 Å². The average molecular weight is 281 g/mol. The van der Waals surface area contributed by atoms with Crippen LogP contribution in [0.15, 0.2) is 28.7 Å². The second-order valence-electron chi connectivity index (χ2n) is 4.11. The van der Waals surface area contributed by atoms with Crippen molar-refractivity contribution in [3.8, 4) is 6.07 Å². The maximum atomic E-state index is 8.99. The van der Waals surface area contributed by atoms with Crippen LogP contribution in [0, 0.1) is 16.7 Å². The van der Waals surface area contributed by atoms with E-state index in [1.165, 1.54) is 5.56 Å². The minimum absolute atomic E-state index is 0.296. The van der Waals surface area contributed by atoms with Gasteiger partial charge in [-0.05, 0) is 17.7 Å². The molecule has 0 unspecified atom stereocenters. The number of nitriles is 1. The van der Waals surface area contributed by atoms with Crippen molar-refractivity contribution in [2.75, 3.05) is 19.8 Å². The fourth-order valence-electron chi connectivity index (χ4n) is 1.60. The molecule has 1 saturated heterocycles. The van der Waals surface area contributed by atoms with Crippen LogP contribution in [0.3, 0.4) is 0 Å². The van der Waals surface area contributed by atoms with Gasteiger partial charge in [-0.1, -0.05) is 28.1 Å². The fraction of sp³-hybridized carbons (Fsp3) is 0.417. The molecule has 84 valence electrons. The number of hydrogen-bond acceptors (Lipinski definition) is 3. The standard InChI is InChI=1S/C12H13BrN2O/c13-11-3-1-10(2-4-11)5-15-7-12(6-14)8-16-9-12/h1-4,15H,5,7-9H2. The van der Waals surface area contributed by atoms with Crippen LogP contribution >= 0.6 is 15.9 Å². The summed E-state index contributed by atoms with van der Waals surface area (Å²) in [6.07, 6.45) is 0. The molecule has 0 saturated carbocycles. The predicted octanol–water partition coefficient (Wildman–Crippen LogP) is 2.08. The lowest BCUT2D eigenvalue weighted by molar-refractivity contribution is -0.0755. The molecule has 1 aromatic carbocycles. The molecule has 0 radical (unpaired) electrons. The van der Waals surface area contributed by atoms with Gasteiger partial charge in [0.15, 0.2) is 0 Å². The van der Waals surface area contributed by atoms with E-state index in [2.05, 4.69) is 39.4 Å². The second kappa shape index (κ2) is 4.96. The van der Waals surface area contributed by atoms with Gasteiger partial charge in [0.05, 0.1) is 19.3 Å². The summed E-state index contributed by atoms with van der Waals surface area (Å²) < 4.78 is 6.16. The minimum atomic E-state index is -0.296. The molecule has 0 spiro atoms. The molecule has 0 aromatic heterocycles. The number of ether oxygens (including phenoxy) is 1. The van der Waals surface area contributed by atoms with E-state index in [4.69, 9.17) is 10.00 Å². The second-order valence-corrected chi connectivity index (χ2v) is 5.03. The normalized spacial score (nSPS) is 17.5. The van der Waals surface area contributed by atoms with Crippen LogP contribution in [0.25, 0.3) is 0 Å². The van der Waals surface area contributed by atoms with Gasteiger partial charge in [-0.3, -0.25) is 0 Å². The van der Waals surface area contributed by atoms with Gasteiger partial charge < -0.3 is 10.1 Å². The van der Waals surface area contributed by atoms with E-state index in [0.717, 1.165) is 11.0 Å². The Bertz CT molecular complexity index is 392. The Morgan fingerprint density at radius 3 is 2.56 bits per heavy atom. The van der Waals surface area contributed by atoms with Gasteiger partial charge in [0.25, 0.3) is 0 Å². The molecule has 3 nitrogen and oxygen atoms in total. The van der Waals surface area contributed by atoms with Crippen LogP contribution in [0.1, 0.15) is 5.56 Å². The maximum Gasteiger partial charge on any atom is 0.116 e. The van der Waals surface area contributed by atoms with Crippen molar-refractivity contribution in [1.82, 2.24) is 5.32 Å². The Kier molecular flexibility index (Phi) is 3.59. The highest BCUT2D eigenvalue weighted by atomic mass is 79.9. The molecule has 1 N–H and O–H groups in total. The van der Waals surface area contributed by atoms with Crippen molar-refractivity contribution in [2.45, 2.75) is 6.54 Å². The highest BCUT2D eigenvalue weighted by molar-refractivity contribution is 9.10. The topological polar surface area (TPSA) is 45.0 Å². The van der Waals surface area contributed by atoms with Crippen molar-refractivity contribution < 1.29 is 4.74 Å². The first-order valence-electron chi connectivity index (χ1n) is 5.18. The van der Waals surface area contributed by atoms with Crippen LogP contribution in [0.2, 0.25) is 0 Å². The molecule has 1 aliphatic heterocycles. The lowest BCUT2D eigenvalue weighted by atomic mass is 9.88. The quantitative estimate of drug-likeness (QED) is 0.919. The molecule has 1 aromatic rings. The van der Waals surface area contributed by atoms with Gasteiger partial charge in [-0.15, -0.1) is 0 Å². The Labute approximate surface area is 104 Å². The maximum absolute atomic E-state index is 8.99.